The van der Waals surface area contributed by atoms with Crippen LogP contribution in [0.2, 0.25) is 0 Å². The normalized spacial score (nSPS) is 13.2. The number of carbonyl (C=O) groups excluding carboxylic acids is 1. The van der Waals surface area contributed by atoms with Crippen molar-refractivity contribution in [2.24, 2.45) is 5.92 Å². The Balaban J connectivity index is 1.48. The minimum Gasteiger partial charge on any atom is -0.468 e. The first-order valence-corrected chi connectivity index (χ1v) is 15.1. The zero-order valence-corrected chi connectivity index (χ0v) is 23.5. The van der Waals surface area contributed by atoms with Crippen molar-refractivity contribution in [3.05, 3.63) is 66.2 Å². The molecule has 5 aromatic rings. The lowest BCUT2D eigenvalue weighted by atomic mass is 10.1. The lowest BCUT2D eigenvalue weighted by Crippen LogP contribution is -2.44. The van der Waals surface area contributed by atoms with Gasteiger partial charge in [-0.05, 0) is 60.5 Å². The molecule has 1 N–H and O–H groups in total. The number of nitrogens with zero attached hydrogens (tertiary/aromatic N) is 4. The zero-order chi connectivity index (χ0) is 28.8. The molecule has 40 heavy (non-hydrogen) atoms. The summed E-state index contributed by atoms with van der Waals surface area (Å²) in [7, 11) is -6.84. The molecule has 12 nitrogen and oxygen atoms in total. The van der Waals surface area contributed by atoms with E-state index in [2.05, 4.69) is 20.1 Å². The summed E-state index contributed by atoms with van der Waals surface area (Å²) in [5.41, 5.74) is 2.12. The van der Waals surface area contributed by atoms with E-state index in [0.717, 1.165) is 10.4 Å². The summed E-state index contributed by atoms with van der Waals surface area (Å²) in [6.07, 6.45) is 0. The molecule has 1 atom stereocenters. The molecule has 14 heteroatoms. The molecule has 0 aliphatic carbocycles. The van der Waals surface area contributed by atoms with Gasteiger partial charge < -0.3 is 9.15 Å². The summed E-state index contributed by atoms with van der Waals surface area (Å²) in [6, 6.07) is 14.5. The lowest BCUT2D eigenvalue weighted by Gasteiger charge is -2.19. The van der Waals surface area contributed by atoms with E-state index in [1.54, 1.807) is 44.2 Å². The van der Waals surface area contributed by atoms with Crippen molar-refractivity contribution in [1.82, 2.24) is 24.9 Å². The number of hydrogen-bond donors (Lipinski definition) is 1. The number of rotatable bonds is 8. The monoisotopic (exact) mass is 583 g/mol. The number of methoxy groups -OCH3 is 1. The highest BCUT2D eigenvalue weighted by molar-refractivity contribution is 7.91. The molecular weight excluding hydrogens is 558 g/mol. The summed E-state index contributed by atoms with van der Waals surface area (Å²) < 4.78 is 65.1. The third-order valence-electron chi connectivity index (χ3n) is 6.34. The largest absolute Gasteiger partial charge is 0.468 e. The van der Waals surface area contributed by atoms with Gasteiger partial charge in [-0.3, -0.25) is 4.79 Å². The Hall–Kier alpha value is -4.14. The highest BCUT2D eigenvalue weighted by atomic mass is 32.2. The fraction of sp³-hybridized carbons (Fsp3) is 0.231. The minimum atomic E-state index is -4.07. The number of furan rings is 1. The van der Waals surface area contributed by atoms with Crippen LogP contribution >= 0.6 is 0 Å². The van der Waals surface area contributed by atoms with Crippen LogP contribution in [0.3, 0.4) is 0 Å². The van der Waals surface area contributed by atoms with E-state index in [4.69, 9.17) is 9.15 Å². The second-order valence-electron chi connectivity index (χ2n) is 9.48. The Morgan fingerprint density at radius 2 is 1.62 bits per heavy atom. The standard InChI is InChI=1S/C26H25N5O7S2/c1-15(2)24(25(32)37-4)29-40(35,36)19-10-12-22-21(14-19)20-11-7-17(13-23(20)38-22)31-28-26(27-30-31)39(33,34)18-8-5-16(3)6-9-18/h5-15,24,29H,1-4H3/t24-/m1/s1. The third-order valence-corrected chi connectivity index (χ3v) is 9.31. The van der Waals surface area contributed by atoms with Gasteiger partial charge in [0.15, 0.2) is 0 Å². The van der Waals surface area contributed by atoms with E-state index in [-0.39, 0.29) is 15.7 Å². The highest BCUT2D eigenvalue weighted by Crippen LogP contribution is 2.32. The molecule has 0 spiro atoms. The molecule has 0 aliphatic heterocycles. The van der Waals surface area contributed by atoms with Crippen LogP contribution in [0, 0.1) is 12.8 Å². The molecule has 5 rings (SSSR count). The van der Waals surface area contributed by atoms with Gasteiger partial charge in [0, 0.05) is 16.8 Å². The van der Waals surface area contributed by atoms with E-state index >= 15 is 0 Å². The fourth-order valence-corrected chi connectivity index (χ4v) is 6.49. The number of hydrogen-bond acceptors (Lipinski definition) is 10. The van der Waals surface area contributed by atoms with Crippen molar-refractivity contribution in [2.75, 3.05) is 7.11 Å². The van der Waals surface area contributed by atoms with Gasteiger partial charge in [-0.1, -0.05) is 36.6 Å². The Labute approximate surface area is 229 Å². The van der Waals surface area contributed by atoms with Crippen LogP contribution < -0.4 is 4.72 Å². The molecule has 0 aliphatic rings. The van der Waals surface area contributed by atoms with E-state index in [9.17, 15) is 21.6 Å². The van der Waals surface area contributed by atoms with Crippen molar-refractivity contribution in [3.63, 3.8) is 0 Å². The van der Waals surface area contributed by atoms with Crippen LogP contribution in [-0.4, -0.2) is 56.2 Å². The van der Waals surface area contributed by atoms with Gasteiger partial charge in [0.05, 0.1) is 22.6 Å². The van der Waals surface area contributed by atoms with Crippen LogP contribution in [0.25, 0.3) is 27.6 Å². The van der Waals surface area contributed by atoms with Gasteiger partial charge in [0.2, 0.25) is 19.9 Å². The van der Waals surface area contributed by atoms with Gasteiger partial charge in [-0.25, -0.2) is 16.8 Å². The molecule has 3 aromatic carbocycles. The first-order chi connectivity index (χ1) is 18.9. The zero-order valence-electron chi connectivity index (χ0n) is 21.9. The fourth-order valence-electron chi connectivity index (χ4n) is 4.10. The molecule has 0 fully saturated rings. The van der Waals surface area contributed by atoms with E-state index in [1.165, 1.54) is 37.4 Å². The average Bonchev–Trinajstić information content (AvgIpc) is 3.56. The number of sulfone groups is 1. The number of ether oxygens (including phenoxy) is 1. The summed E-state index contributed by atoms with van der Waals surface area (Å²) in [5.74, 6) is -1.02. The molecule has 208 valence electrons. The number of benzene rings is 3. The first-order valence-electron chi connectivity index (χ1n) is 12.1. The van der Waals surface area contributed by atoms with Crippen molar-refractivity contribution in [3.8, 4) is 5.69 Å². The third kappa shape index (κ3) is 4.96. The Kier molecular flexibility index (Phi) is 6.94. The average molecular weight is 584 g/mol. The van der Waals surface area contributed by atoms with Crippen LogP contribution in [-0.2, 0) is 29.4 Å². The van der Waals surface area contributed by atoms with Crippen LogP contribution in [0.15, 0.2) is 80.0 Å². The highest BCUT2D eigenvalue weighted by Gasteiger charge is 2.29. The summed E-state index contributed by atoms with van der Waals surface area (Å²) in [4.78, 5) is 13.2. The molecule has 0 amide bonds. The number of aromatic nitrogens is 4. The number of sulfonamides is 1. The van der Waals surface area contributed by atoms with Gasteiger partial charge in [0.1, 0.15) is 17.2 Å². The number of carbonyl (C=O) groups is 1. The number of esters is 1. The molecule has 2 aromatic heterocycles. The van der Waals surface area contributed by atoms with Gasteiger partial charge in [-0.15, -0.1) is 9.90 Å². The van der Waals surface area contributed by atoms with E-state index in [1.807, 2.05) is 6.92 Å². The molecule has 0 bridgehead atoms. The lowest BCUT2D eigenvalue weighted by molar-refractivity contribution is -0.143. The summed E-state index contributed by atoms with van der Waals surface area (Å²) >= 11 is 0. The maximum Gasteiger partial charge on any atom is 0.324 e. The summed E-state index contributed by atoms with van der Waals surface area (Å²) in [5, 5.41) is 12.4. The maximum atomic E-state index is 13.1. The Morgan fingerprint density at radius 1 is 0.925 bits per heavy atom. The van der Waals surface area contributed by atoms with Gasteiger partial charge in [0.25, 0.3) is 5.16 Å². The van der Waals surface area contributed by atoms with Crippen molar-refractivity contribution in [1.29, 1.82) is 0 Å². The van der Waals surface area contributed by atoms with E-state index in [0.29, 0.717) is 27.6 Å². The molecular formula is C26H25N5O7S2. The van der Waals surface area contributed by atoms with Crippen molar-refractivity contribution in [2.45, 2.75) is 41.8 Å². The number of aryl methyl sites for hydroxylation is 1. The van der Waals surface area contributed by atoms with Gasteiger partial charge >= 0.3 is 5.97 Å². The maximum absolute atomic E-state index is 13.1. The van der Waals surface area contributed by atoms with E-state index < -0.39 is 37.0 Å². The molecule has 2 heterocycles. The van der Waals surface area contributed by atoms with Gasteiger partial charge in [-0.2, -0.15) is 4.72 Å². The molecule has 0 saturated heterocycles. The SMILES string of the molecule is COC(=O)[C@H](NS(=O)(=O)c1ccc2oc3cc(-n4nnc(S(=O)(=O)c5ccc(C)cc5)n4)ccc3c2c1)C(C)C. The Bertz CT molecular complexity index is 1960. The quantitative estimate of drug-likeness (QED) is 0.268. The number of fused-ring (bicyclic) bond motifs is 3. The smallest absolute Gasteiger partial charge is 0.324 e. The number of nitrogens with one attached hydrogen (secondary N) is 1. The first kappa shape index (κ1) is 27.4. The van der Waals surface area contributed by atoms with Crippen molar-refractivity contribution < 1.29 is 30.8 Å². The molecule has 0 saturated carbocycles. The molecule has 0 unspecified atom stereocenters. The predicted octanol–water partition coefficient (Wildman–Crippen LogP) is 3.18. The molecule has 0 radical (unpaired) electrons. The second kappa shape index (κ2) is 10.1. The van der Waals surface area contributed by atoms with Crippen LogP contribution in [0.5, 0.6) is 0 Å². The topological polar surface area (TPSA) is 163 Å². The Morgan fingerprint density at radius 3 is 2.30 bits per heavy atom. The minimum absolute atomic E-state index is 0.0507. The second-order valence-corrected chi connectivity index (χ2v) is 13.0. The summed E-state index contributed by atoms with van der Waals surface area (Å²) in [6.45, 7) is 5.27. The number of tetrazole rings is 1. The van der Waals surface area contributed by atoms with Crippen molar-refractivity contribution >= 4 is 47.8 Å². The van der Waals surface area contributed by atoms with Crippen LogP contribution in [0.1, 0.15) is 19.4 Å². The van der Waals surface area contributed by atoms with Crippen LogP contribution in [0.4, 0.5) is 0 Å². The predicted molar refractivity (Wildman–Crippen MR) is 144 cm³/mol.